The van der Waals surface area contributed by atoms with Crippen LogP contribution >= 0.6 is 11.6 Å². The third kappa shape index (κ3) is 8.13. The van der Waals surface area contributed by atoms with Crippen molar-refractivity contribution in [2.24, 2.45) is 0 Å². The molecule has 1 unspecified atom stereocenters. The van der Waals surface area contributed by atoms with Crippen molar-refractivity contribution in [3.8, 4) is 11.5 Å². The molecule has 0 saturated heterocycles. The highest BCUT2D eigenvalue weighted by atomic mass is 35.5. The topological polar surface area (TPSA) is 105 Å². The minimum absolute atomic E-state index is 0.00454. The van der Waals surface area contributed by atoms with Crippen LogP contribution in [0, 0.1) is 5.82 Å². The van der Waals surface area contributed by atoms with E-state index in [4.69, 9.17) is 21.1 Å². The van der Waals surface area contributed by atoms with Crippen LogP contribution in [0.15, 0.2) is 71.6 Å². The van der Waals surface area contributed by atoms with Gasteiger partial charge in [0.05, 0.1) is 24.8 Å². The smallest absolute Gasteiger partial charge is 0.264 e. The van der Waals surface area contributed by atoms with E-state index >= 15 is 0 Å². The molecule has 2 amide bonds. The molecule has 0 bridgehead atoms. The Morgan fingerprint density at radius 1 is 1.00 bits per heavy atom. The molecular formula is C30H35ClFN3O6S. The summed E-state index contributed by atoms with van der Waals surface area (Å²) in [6.07, 6.45) is 1.64. The standard InChI is InChI=1S/C30H35ClFN3O6S/c1-5-6-16-33-30(37)21(2)34(19-22-8-7-9-23(31)17-22)29(36)20-35(25-12-10-24(32)11-13-25)42(38,39)26-14-15-27(40-3)28(18-26)41-4/h7-15,17-18,21H,5-6,16,19-20H2,1-4H3,(H,33,37). The van der Waals surface area contributed by atoms with Gasteiger partial charge >= 0.3 is 0 Å². The van der Waals surface area contributed by atoms with Gasteiger partial charge in [-0.05, 0) is 67.4 Å². The van der Waals surface area contributed by atoms with E-state index < -0.39 is 34.3 Å². The lowest BCUT2D eigenvalue weighted by molar-refractivity contribution is -0.139. The van der Waals surface area contributed by atoms with E-state index in [0.29, 0.717) is 22.9 Å². The molecule has 0 aliphatic rings. The lowest BCUT2D eigenvalue weighted by Crippen LogP contribution is -2.51. The van der Waals surface area contributed by atoms with Gasteiger partial charge in [-0.3, -0.25) is 13.9 Å². The fourth-order valence-corrected chi connectivity index (χ4v) is 5.83. The average molecular weight is 620 g/mol. The molecule has 0 aliphatic carbocycles. The highest BCUT2D eigenvalue weighted by molar-refractivity contribution is 7.92. The van der Waals surface area contributed by atoms with Crippen LogP contribution in [0.1, 0.15) is 32.3 Å². The monoisotopic (exact) mass is 619 g/mol. The molecule has 3 aromatic carbocycles. The molecule has 0 fully saturated rings. The molecular weight excluding hydrogens is 585 g/mol. The van der Waals surface area contributed by atoms with Crippen molar-refractivity contribution in [3.05, 3.63) is 83.1 Å². The molecule has 0 aromatic heterocycles. The molecule has 12 heteroatoms. The highest BCUT2D eigenvalue weighted by Gasteiger charge is 2.33. The number of amides is 2. The van der Waals surface area contributed by atoms with Crippen molar-refractivity contribution in [2.45, 2.75) is 44.2 Å². The van der Waals surface area contributed by atoms with Gasteiger partial charge in [-0.15, -0.1) is 0 Å². The first-order valence-corrected chi connectivity index (χ1v) is 15.2. The Morgan fingerprint density at radius 2 is 1.69 bits per heavy atom. The normalized spacial score (nSPS) is 11.9. The van der Waals surface area contributed by atoms with E-state index in [1.165, 1.54) is 49.5 Å². The second-order valence-electron chi connectivity index (χ2n) is 9.48. The summed E-state index contributed by atoms with van der Waals surface area (Å²) in [4.78, 5) is 28.1. The number of carbonyl (C=O) groups is 2. The number of ether oxygens (including phenoxy) is 2. The van der Waals surface area contributed by atoms with E-state index in [0.717, 1.165) is 29.3 Å². The number of nitrogens with zero attached hydrogens (tertiary/aromatic N) is 2. The summed E-state index contributed by atoms with van der Waals surface area (Å²) >= 11 is 6.17. The molecule has 0 spiro atoms. The summed E-state index contributed by atoms with van der Waals surface area (Å²) in [6.45, 7) is 3.33. The number of carbonyl (C=O) groups excluding carboxylic acids is 2. The number of halogens is 2. The SMILES string of the molecule is CCCCNC(=O)C(C)N(Cc1cccc(Cl)c1)C(=O)CN(c1ccc(F)cc1)S(=O)(=O)c1ccc(OC)c(OC)c1. The summed E-state index contributed by atoms with van der Waals surface area (Å²) in [5.74, 6) is -1.12. The van der Waals surface area contributed by atoms with Gasteiger partial charge in [0, 0.05) is 24.2 Å². The van der Waals surface area contributed by atoms with Gasteiger partial charge in [-0.2, -0.15) is 0 Å². The molecule has 0 aliphatic heterocycles. The summed E-state index contributed by atoms with van der Waals surface area (Å²) in [5, 5.41) is 3.28. The number of sulfonamides is 1. The van der Waals surface area contributed by atoms with E-state index in [9.17, 15) is 22.4 Å². The Labute approximate surface area is 251 Å². The summed E-state index contributed by atoms with van der Waals surface area (Å²) in [6, 6.07) is 14.7. The van der Waals surface area contributed by atoms with Gasteiger partial charge in [-0.1, -0.05) is 37.1 Å². The van der Waals surface area contributed by atoms with E-state index in [-0.39, 0.29) is 28.8 Å². The first kappa shape index (κ1) is 32.7. The van der Waals surface area contributed by atoms with Crippen molar-refractivity contribution < 1.29 is 31.9 Å². The van der Waals surface area contributed by atoms with Crippen LogP contribution in [-0.2, 0) is 26.2 Å². The minimum Gasteiger partial charge on any atom is -0.493 e. The third-order valence-electron chi connectivity index (χ3n) is 6.58. The number of hydrogen-bond acceptors (Lipinski definition) is 6. The largest absolute Gasteiger partial charge is 0.493 e. The Balaban J connectivity index is 2.04. The third-order valence-corrected chi connectivity index (χ3v) is 8.58. The Hall–Kier alpha value is -3.83. The van der Waals surface area contributed by atoms with Crippen molar-refractivity contribution in [3.63, 3.8) is 0 Å². The average Bonchev–Trinajstić information content (AvgIpc) is 2.98. The number of anilines is 1. The summed E-state index contributed by atoms with van der Waals surface area (Å²) < 4.78 is 53.2. The first-order valence-electron chi connectivity index (χ1n) is 13.3. The highest BCUT2D eigenvalue weighted by Crippen LogP contribution is 2.32. The van der Waals surface area contributed by atoms with Crippen molar-refractivity contribution in [1.29, 1.82) is 0 Å². The number of hydrogen-bond donors (Lipinski definition) is 1. The fraction of sp³-hybridized carbons (Fsp3) is 0.333. The molecule has 226 valence electrons. The quantitative estimate of drug-likeness (QED) is 0.254. The maximum atomic E-state index is 14.0. The maximum absolute atomic E-state index is 14.0. The van der Waals surface area contributed by atoms with Gasteiger partial charge in [0.2, 0.25) is 11.8 Å². The number of rotatable bonds is 14. The van der Waals surface area contributed by atoms with Crippen molar-refractivity contribution >= 4 is 39.1 Å². The number of methoxy groups -OCH3 is 2. The van der Waals surface area contributed by atoms with Crippen LogP contribution in [0.25, 0.3) is 0 Å². The number of nitrogens with one attached hydrogen (secondary N) is 1. The van der Waals surface area contributed by atoms with Crippen LogP contribution in [-0.4, -0.2) is 58.5 Å². The molecule has 3 rings (SSSR count). The lowest BCUT2D eigenvalue weighted by Gasteiger charge is -2.32. The zero-order chi connectivity index (χ0) is 30.9. The zero-order valence-corrected chi connectivity index (χ0v) is 25.5. The van der Waals surface area contributed by atoms with Crippen LogP contribution < -0.4 is 19.1 Å². The Morgan fingerprint density at radius 3 is 2.31 bits per heavy atom. The fourth-order valence-electron chi connectivity index (χ4n) is 4.19. The van der Waals surface area contributed by atoms with Crippen LogP contribution in [0.3, 0.4) is 0 Å². The van der Waals surface area contributed by atoms with Crippen LogP contribution in [0.2, 0.25) is 5.02 Å². The molecule has 9 nitrogen and oxygen atoms in total. The lowest BCUT2D eigenvalue weighted by atomic mass is 10.1. The first-order chi connectivity index (χ1) is 20.0. The van der Waals surface area contributed by atoms with Gasteiger partial charge in [0.25, 0.3) is 10.0 Å². The van der Waals surface area contributed by atoms with Crippen LogP contribution in [0.5, 0.6) is 11.5 Å². The Kier molecular flexibility index (Phi) is 11.6. The molecule has 0 saturated carbocycles. The van der Waals surface area contributed by atoms with E-state index in [1.807, 2.05) is 6.92 Å². The van der Waals surface area contributed by atoms with Gasteiger partial charge < -0.3 is 19.7 Å². The van der Waals surface area contributed by atoms with Crippen LogP contribution in [0.4, 0.5) is 10.1 Å². The Bertz CT molecular complexity index is 1490. The molecule has 3 aromatic rings. The molecule has 1 atom stereocenters. The summed E-state index contributed by atoms with van der Waals surface area (Å²) in [7, 11) is -1.60. The predicted octanol–water partition coefficient (Wildman–Crippen LogP) is 5.03. The maximum Gasteiger partial charge on any atom is 0.264 e. The van der Waals surface area contributed by atoms with E-state index in [1.54, 1.807) is 31.2 Å². The predicted molar refractivity (Wildman–Crippen MR) is 160 cm³/mol. The van der Waals surface area contributed by atoms with Gasteiger partial charge in [-0.25, -0.2) is 12.8 Å². The zero-order valence-electron chi connectivity index (χ0n) is 24.0. The minimum atomic E-state index is -4.39. The molecule has 42 heavy (non-hydrogen) atoms. The van der Waals surface area contributed by atoms with E-state index in [2.05, 4.69) is 5.32 Å². The van der Waals surface area contributed by atoms with Gasteiger partial charge in [0.15, 0.2) is 11.5 Å². The number of unbranched alkanes of at least 4 members (excludes halogenated alkanes) is 1. The molecule has 0 heterocycles. The summed E-state index contributed by atoms with van der Waals surface area (Å²) in [5.41, 5.74) is 0.711. The second kappa shape index (κ2) is 14.9. The molecule has 1 N–H and O–H groups in total. The molecule has 0 radical (unpaired) electrons. The van der Waals surface area contributed by atoms with Gasteiger partial charge in [0.1, 0.15) is 18.4 Å². The van der Waals surface area contributed by atoms with Crippen molar-refractivity contribution in [1.82, 2.24) is 10.2 Å². The second-order valence-corrected chi connectivity index (χ2v) is 11.8. The number of benzene rings is 3. The van der Waals surface area contributed by atoms with Crippen molar-refractivity contribution in [2.75, 3.05) is 31.6 Å².